The Kier molecular flexibility index (Phi) is 4.82. The van der Waals surface area contributed by atoms with Crippen molar-refractivity contribution in [1.82, 2.24) is 19.4 Å². The fourth-order valence-corrected chi connectivity index (χ4v) is 7.86. The Morgan fingerprint density at radius 2 is 1.55 bits per heavy atom. The lowest BCUT2D eigenvalue weighted by molar-refractivity contribution is -0.203. The summed E-state index contributed by atoms with van der Waals surface area (Å²) in [5.41, 5.74) is 6.49. The maximum Gasteiger partial charge on any atom is 0.253 e. The third kappa shape index (κ3) is 2.88. The summed E-state index contributed by atoms with van der Waals surface area (Å²) in [6, 6.07) is 25.7. The van der Waals surface area contributed by atoms with E-state index in [1.807, 2.05) is 66.5 Å². The molecular weight excluding hydrogens is 528 g/mol. The van der Waals surface area contributed by atoms with Gasteiger partial charge in [-0.25, -0.2) is 0 Å². The molecule has 8 heteroatoms. The average Bonchev–Trinajstić information content (AvgIpc) is 3.67. The van der Waals surface area contributed by atoms with Gasteiger partial charge in [0.25, 0.3) is 11.8 Å². The number of likely N-dealkylation sites (N-methyl/N-ethyl adjacent to an activating group) is 1. The number of carbonyl (C=O) groups is 2. The van der Waals surface area contributed by atoms with Gasteiger partial charge in [0.2, 0.25) is 0 Å². The van der Waals surface area contributed by atoms with Gasteiger partial charge in [0.05, 0.1) is 33.7 Å². The van der Waals surface area contributed by atoms with Crippen LogP contribution in [0.5, 0.6) is 0 Å². The second kappa shape index (κ2) is 8.44. The van der Waals surface area contributed by atoms with E-state index in [0.29, 0.717) is 18.5 Å². The number of fused-ring (bicyclic) bond motifs is 13. The Morgan fingerprint density at radius 3 is 2.29 bits per heavy atom. The first-order chi connectivity index (χ1) is 20.6. The van der Waals surface area contributed by atoms with E-state index in [2.05, 4.69) is 38.7 Å². The van der Waals surface area contributed by atoms with E-state index in [1.54, 1.807) is 7.11 Å². The predicted octanol–water partition coefficient (Wildman–Crippen LogP) is 5.73. The summed E-state index contributed by atoms with van der Waals surface area (Å²) in [5.74, 6) is -0.0971. The van der Waals surface area contributed by atoms with Crippen LogP contribution >= 0.6 is 0 Å². The molecule has 42 heavy (non-hydrogen) atoms. The number of carbonyl (C=O) groups excluding carboxylic acids is 2. The van der Waals surface area contributed by atoms with E-state index in [4.69, 9.17) is 9.47 Å². The molecule has 1 N–H and O–H groups in total. The largest absolute Gasteiger partial charge is 0.375 e. The zero-order valence-corrected chi connectivity index (χ0v) is 23.2. The van der Waals surface area contributed by atoms with Crippen molar-refractivity contribution in [1.29, 1.82) is 0 Å². The lowest BCUT2D eigenvalue weighted by Crippen LogP contribution is -2.53. The molecule has 2 bridgehead atoms. The lowest BCUT2D eigenvalue weighted by Gasteiger charge is -2.44. The topological polar surface area (TPSA) is 77.7 Å². The maximum atomic E-state index is 13.8. The molecule has 8 nitrogen and oxygen atoms in total. The third-order valence-electron chi connectivity index (χ3n) is 9.60. The molecule has 3 aliphatic rings. The minimum absolute atomic E-state index is 0.0411. The molecule has 5 heterocycles. The molecule has 2 aromatic heterocycles. The number of rotatable bonds is 3. The molecule has 208 valence electrons. The van der Waals surface area contributed by atoms with Gasteiger partial charge in [-0.3, -0.25) is 9.59 Å². The summed E-state index contributed by atoms with van der Waals surface area (Å²) in [7, 11) is 3.56. The molecule has 4 aromatic carbocycles. The van der Waals surface area contributed by atoms with E-state index in [-0.39, 0.29) is 24.1 Å². The summed E-state index contributed by atoms with van der Waals surface area (Å²) < 4.78 is 17.8. The number of ether oxygens (including phenoxy) is 2. The second-order valence-electron chi connectivity index (χ2n) is 11.5. The highest BCUT2D eigenvalue weighted by molar-refractivity contribution is 6.30. The maximum absolute atomic E-state index is 13.8. The quantitative estimate of drug-likeness (QED) is 0.302. The van der Waals surface area contributed by atoms with Crippen LogP contribution in [0, 0.1) is 0 Å². The summed E-state index contributed by atoms with van der Waals surface area (Å²) >= 11 is 0. The Bertz CT molecular complexity index is 2130. The molecule has 0 saturated carbocycles. The summed E-state index contributed by atoms with van der Waals surface area (Å²) in [6.45, 7) is 0.480. The van der Waals surface area contributed by atoms with Crippen molar-refractivity contribution in [3.63, 3.8) is 0 Å². The van der Waals surface area contributed by atoms with E-state index in [1.165, 1.54) is 0 Å². The molecular formula is C34H28N4O4. The molecule has 9 rings (SSSR count). The van der Waals surface area contributed by atoms with Gasteiger partial charge in [-0.15, -0.1) is 0 Å². The summed E-state index contributed by atoms with van der Waals surface area (Å²) in [4.78, 5) is 29.1. The summed E-state index contributed by atoms with van der Waals surface area (Å²) in [5, 5.41) is 7.26. The predicted molar refractivity (Wildman–Crippen MR) is 161 cm³/mol. The van der Waals surface area contributed by atoms with Crippen molar-refractivity contribution >= 4 is 55.4 Å². The molecule has 0 radical (unpaired) electrons. The van der Waals surface area contributed by atoms with Gasteiger partial charge in [-0.05, 0) is 29.8 Å². The first-order valence-corrected chi connectivity index (χ1v) is 14.4. The number of amides is 2. The van der Waals surface area contributed by atoms with Crippen molar-refractivity contribution in [2.75, 3.05) is 14.2 Å². The van der Waals surface area contributed by atoms with E-state index in [9.17, 15) is 9.59 Å². The number of nitrogens with one attached hydrogen (secondary N) is 1. The van der Waals surface area contributed by atoms with Crippen LogP contribution in [-0.4, -0.2) is 52.2 Å². The number of aromatic nitrogens is 2. The van der Waals surface area contributed by atoms with E-state index in [0.717, 1.165) is 54.7 Å². The van der Waals surface area contributed by atoms with E-state index < -0.39 is 12.3 Å². The Labute approximate surface area is 241 Å². The van der Waals surface area contributed by atoms with Crippen LogP contribution in [0.3, 0.4) is 0 Å². The van der Waals surface area contributed by atoms with Gasteiger partial charge < -0.3 is 28.8 Å². The minimum atomic E-state index is -0.503. The van der Waals surface area contributed by atoms with Gasteiger partial charge in [0, 0.05) is 54.2 Å². The molecule has 1 fully saturated rings. The normalized spacial score (nSPS) is 22.7. The van der Waals surface area contributed by atoms with Crippen LogP contribution in [0.4, 0.5) is 0 Å². The van der Waals surface area contributed by atoms with Crippen LogP contribution in [0.2, 0.25) is 0 Å². The molecule has 0 spiro atoms. The van der Waals surface area contributed by atoms with Gasteiger partial charge in [0.15, 0.2) is 6.23 Å². The number of hydrogen-bond donors (Lipinski definition) is 1. The number of hydrogen-bond acceptors (Lipinski definition) is 4. The minimum Gasteiger partial charge on any atom is -0.375 e. The monoisotopic (exact) mass is 556 g/mol. The third-order valence-corrected chi connectivity index (χ3v) is 9.60. The Morgan fingerprint density at radius 1 is 0.905 bits per heavy atom. The second-order valence-corrected chi connectivity index (χ2v) is 11.5. The molecule has 4 atom stereocenters. The van der Waals surface area contributed by atoms with Crippen LogP contribution in [0.25, 0.3) is 43.6 Å². The smallest absolute Gasteiger partial charge is 0.253 e. The Balaban J connectivity index is 1.40. The van der Waals surface area contributed by atoms with Crippen molar-refractivity contribution in [3.05, 3.63) is 95.6 Å². The zero-order valence-electron chi connectivity index (χ0n) is 23.2. The number of benzene rings is 4. The number of nitrogens with zero attached hydrogens (tertiary/aromatic N) is 3. The molecule has 1 saturated heterocycles. The number of para-hydroxylation sites is 2. The Hall–Kier alpha value is -4.66. The molecule has 0 aliphatic carbocycles. The van der Waals surface area contributed by atoms with Gasteiger partial charge in [0.1, 0.15) is 12.3 Å². The van der Waals surface area contributed by atoms with Crippen LogP contribution in [-0.2, 0) is 16.0 Å². The lowest BCUT2D eigenvalue weighted by atomic mass is 9.97. The average molecular weight is 557 g/mol. The number of methoxy groups -OCH3 is 1. The van der Waals surface area contributed by atoms with Crippen LogP contribution in [0.15, 0.2) is 78.9 Å². The van der Waals surface area contributed by atoms with Gasteiger partial charge in [-0.1, -0.05) is 54.6 Å². The molecule has 2 amide bonds. The van der Waals surface area contributed by atoms with Crippen LogP contribution < -0.4 is 5.32 Å². The zero-order chi connectivity index (χ0) is 28.3. The van der Waals surface area contributed by atoms with Gasteiger partial charge in [-0.2, -0.15) is 0 Å². The highest BCUT2D eigenvalue weighted by Crippen LogP contribution is 2.52. The first kappa shape index (κ1) is 24.0. The van der Waals surface area contributed by atoms with Crippen molar-refractivity contribution in [2.45, 2.75) is 37.6 Å². The summed E-state index contributed by atoms with van der Waals surface area (Å²) in [6.07, 6.45) is -0.788. The van der Waals surface area contributed by atoms with Crippen molar-refractivity contribution in [3.8, 4) is 0 Å². The fourth-order valence-electron chi connectivity index (χ4n) is 7.86. The molecule has 0 unspecified atom stereocenters. The SMILES string of the molecule is CO[C@@H]1[C@H](N(C)C(=O)c2ccccc2)C[C@H]2O[C@@H]1n1c3ccccc3c3c4c(c5c6ccccc6n2c5c31)C(=O)NC4. The standard InChI is InChI=1S/C34H28N4O4/c1-36(33(40)18-10-4-3-5-11-18)24-16-25-37-22-14-8-7-13-20(22)27-28-21(17-35-32(28)39)26-19-12-6-9-15-23(19)38(29(26)30(27)37)34(42-25)31(24)41-2/h3-15,24-25,31,34H,16-17H2,1-2H3,(H,35,39)/t24-,25-,31-,34+/m1/s1. The first-order valence-electron chi connectivity index (χ1n) is 14.4. The fraction of sp³-hybridized carbons (Fsp3) is 0.235. The van der Waals surface area contributed by atoms with Crippen molar-refractivity contribution in [2.24, 2.45) is 0 Å². The van der Waals surface area contributed by atoms with E-state index >= 15 is 0 Å². The van der Waals surface area contributed by atoms with Crippen LogP contribution in [0.1, 0.15) is 45.2 Å². The molecule has 6 aromatic rings. The highest BCUT2D eigenvalue weighted by atomic mass is 16.6. The van der Waals surface area contributed by atoms with Crippen molar-refractivity contribution < 1.29 is 19.1 Å². The highest BCUT2D eigenvalue weighted by Gasteiger charge is 2.48. The van der Waals surface area contributed by atoms with Gasteiger partial charge >= 0.3 is 0 Å². The molecule has 3 aliphatic heterocycles.